The summed E-state index contributed by atoms with van der Waals surface area (Å²) >= 11 is 0. The predicted molar refractivity (Wildman–Crippen MR) is 77.7 cm³/mol. The van der Waals surface area contributed by atoms with Gasteiger partial charge in [0.25, 0.3) is 0 Å². The molecule has 1 saturated carbocycles. The summed E-state index contributed by atoms with van der Waals surface area (Å²) in [6.45, 7) is 3.70. The van der Waals surface area contributed by atoms with Crippen LogP contribution in [0, 0.1) is 5.92 Å². The lowest BCUT2D eigenvalue weighted by molar-refractivity contribution is -0.122. The van der Waals surface area contributed by atoms with Gasteiger partial charge in [-0.15, -0.1) is 0 Å². The summed E-state index contributed by atoms with van der Waals surface area (Å²) in [5.74, 6) is -0.249. The number of carbonyl (C=O) groups is 1. The summed E-state index contributed by atoms with van der Waals surface area (Å²) in [6.07, 6.45) is 3.92. The van der Waals surface area contributed by atoms with Gasteiger partial charge in [0, 0.05) is 12.5 Å². The fourth-order valence-corrected chi connectivity index (χ4v) is 3.76. The van der Waals surface area contributed by atoms with Crippen molar-refractivity contribution in [2.75, 3.05) is 12.3 Å². The van der Waals surface area contributed by atoms with E-state index in [-0.39, 0.29) is 23.7 Å². The van der Waals surface area contributed by atoms with Crippen LogP contribution in [0.1, 0.15) is 46.0 Å². The highest BCUT2D eigenvalue weighted by molar-refractivity contribution is 7.89. The maximum atomic E-state index is 11.9. The lowest BCUT2D eigenvalue weighted by atomic mass is 9.86. The standard InChI is InChI=1S/C13H26N2O4S/c1-3-8-20(18,19)15-10(2)13(17)14-9-11-6-4-5-7-12(11)16/h10-12,15-16H,3-9H2,1-2H3,(H,14,17). The Balaban J connectivity index is 2.38. The predicted octanol–water partition coefficient (Wildman–Crippen LogP) is 0.372. The Morgan fingerprint density at radius 3 is 2.60 bits per heavy atom. The molecule has 3 atom stereocenters. The molecule has 1 aliphatic rings. The first-order chi connectivity index (χ1) is 9.35. The first-order valence-electron chi connectivity index (χ1n) is 7.31. The molecule has 1 amide bonds. The van der Waals surface area contributed by atoms with Crippen molar-refractivity contribution in [2.24, 2.45) is 5.92 Å². The van der Waals surface area contributed by atoms with Crippen LogP contribution in [-0.2, 0) is 14.8 Å². The number of sulfonamides is 1. The van der Waals surface area contributed by atoms with Crippen molar-refractivity contribution in [3.8, 4) is 0 Å². The maximum absolute atomic E-state index is 11.9. The Morgan fingerprint density at radius 2 is 2.00 bits per heavy atom. The summed E-state index contributed by atoms with van der Waals surface area (Å²) in [7, 11) is -3.39. The highest BCUT2D eigenvalue weighted by atomic mass is 32.2. The molecule has 118 valence electrons. The summed E-state index contributed by atoms with van der Waals surface area (Å²) in [5.41, 5.74) is 0. The van der Waals surface area contributed by atoms with Gasteiger partial charge in [0.2, 0.25) is 15.9 Å². The number of amides is 1. The molecule has 0 aromatic carbocycles. The van der Waals surface area contributed by atoms with Crippen LogP contribution in [0.4, 0.5) is 0 Å². The van der Waals surface area contributed by atoms with Crippen LogP contribution in [0.2, 0.25) is 0 Å². The average Bonchev–Trinajstić information content (AvgIpc) is 2.36. The maximum Gasteiger partial charge on any atom is 0.237 e. The first-order valence-corrected chi connectivity index (χ1v) is 8.96. The van der Waals surface area contributed by atoms with Crippen molar-refractivity contribution in [3.05, 3.63) is 0 Å². The topological polar surface area (TPSA) is 95.5 Å². The molecule has 0 saturated heterocycles. The van der Waals surface area contributed by atoms with Crippen LogP contribution in [-0.4, -0.2) is 43.9 Å². The van der Waals surface area contributed by atoms with Gasteiger partial charge < -0.3 is 10.4 Å². The summed E-state index contributed by atoms with van der Waals surface area (Å²) < 4.78 is 25.5. The summed E-state index contributed by atoms with van der Waals surface area (Å²) in [5, 5.41) is 12.5. The first kappa shape index (κ1) is 17.4. The van der Waals surface area contributed by atoms with E-state index in [1.165, 1.54) is 6.92 Å². The minimum Gasteiger partial charge on any atom is -0.393 e. The molecule has 0 aliphatic heterocycles. The van der Waals surface area contributed by atoms with E-state index in [0.717, 1.165) is 25.7 Å². The molecule has 20 heavy (non-hydrogen) atoms. The molecule has 7 heteroatoms. The molecule has 0 spiro atoms. The molecule has 0 aromatic heterocycles. The van der Waals surface area contributed by atoms with Crippen LogP contribution in [0.3, 0.4) is 0 Å². The fraction of sp³-hybridized carbons (Fsp3) is 0.923. The van der Waals surface area contributed by atoms with E-state index in [4.69, 9.17) is 0 Å². The summed E-state index contributed by atoms with van der Waals surface area (Å²) in [6, 6.07) is -0.785. The van der Waals surface area contributed by atoms with E-state index in [9.17, 15) is 18.3 Å². The van der Waals surface area contributed by atoms with Gasteiger partial charge in [-0.3, -0.25) is 4.79 Å². The fourth-order valence-electron chi connectivity index (χ4n) is 2.46. The largest absolute Gasteiger partial charge is 0.393 e. The Kier molecular flexibility index (Phi) is 6.91. The molecule has 1 rings (SSSR count). The lowest BCUT2D eigenvalue weighted by Crippen LogP contribution is -2.47. The van der Waals surface area contributed by atoms with Crippen molar-refractivity contribution in [1.29, 1.82) is 0 Å². The molecule has 0 aromatic rings. The van der Waals surface area contributed by atoms with E-state index in [1.54, 1.807) is 6.92 Å². The number of carbonyl (C=O) groups excluding carboxylic acids is 1. The van der Waals surface area contributed by atoms with Gasteiger partial charge in [-0.05, 0) is 26.2 Å². The molecular weight excluding hydrogens is 280 g/mol. The van der Waals surface area contributed by atoms with Crippen LogP contribution >= 0.6 is 0 Å². The number of nitrogens with one attached hydrogen (secondary N) is 2. The monoisotopic (exact) mass is 306 g/mol. The number of hydrogen-bond donors (Lipinski definition) is 3. The van der Waals surface area contributed by atoms with E-state index in [0.29, 0.717) is 13.0 Å². The molecule has 0 heterocycles. The van der Waals surface area contributed by atoms with Gasteiger partial charge in [-0.1, -0.05) is 19.8 Å². The summed E-state index contributed by atoms with van der Waals surface area (Å²) in [4.78, 5) is 11.9. The quantitative estimate of drug-likeness (QED) is 0.633. The number of aliphatic hydroxyl groups excluding tert-OH is 1. The van der Waals surface area contributed by atoms with Crippen molar-refractivity contribution >= 4 is 15.9 Å². The number of hydrogen-bond acceptors (Lipinski definition) is 4. The van der Waals surface area contributed by atoms with Crippen molar-refractivity contribution in [2.45, 2.75) is 58.1 Å². The Morgan fingerprint density at radius 1 is 1.35 bits per heavy atom. The zero-order valence-electron chi connectivity index (χ0n) is 12.3. The third kappa shape index (κ3) is 5.76. The van der Waals surface area contributed by atoms with Gasteiger partial charge in [0.05, 0.1) is 17.9 Å². The van der Waals surface area contributed by atoms with Crippen LogP contribution in [0.15, 0.2) is 0 Å². The zero-order valence-corrected chi connectivity index (χ0v) is 13.1. The van der Waals surface area contributed by atoms with Crippen LogP contribution < -0.4 is 10.0 Å². The Bertz CT molecular complexity index is 411. The van der Waals surface area contributed by atoms with E-state index in [2.05, 4.69) is 10.0 Å². The second-order valence-corrected chi connectivity index (χ2v) is 7.39. The second kappa shape index (κ2) is 7.95. The molecule has 0 bridgehead atoms. The van der Waals surface area contributed by atoms with Gasteiger partial charge in [-0.25, -0.2) is 13.1 Å². The SMILES string of the molecule is CCCS(=O)(=O)NC(C)C(=O)NCC1CCCCC1O. The number of aliphatic hydroxyl groups is 1. The molecule has 1 aliphatic carbocycles. The van der Waals surface area contributed by atoms with Gasteiger partial charge in [-0.2, -0.15) is 0 Å². The van der Waals surface area contributed by atoms with Gasteiger partial charge in [0.1, 0.15) is 0 Å². The van der Waals surface area contributed by atoms with Crippen molar-refractivity contribution in [1.82, 2.24) is 10.0 Å². The van der Waals surface area contributed by atoms with E-state index < -0.39 is 16.1 Å². The molecular formula is C13H26N2O4S. The van der Waals surface area contributed by atoms with E-state index in [1.807, 2.05) is 0 Å². The third-order valence-corrected chi connectivity index (χ3v) is 5.29. The van der Waals surface area contributed by atoms with E-state index >= 15 is 0 Å². The van der Waals surface area contributed by atoms with Crippen molar-refractivity contribution < 1.29 is 18.3 Å². The van der Waals surface area contributed by atoms with Crippen LogP contribution in [0.5, 0.6) is 0 Å². The van der Waals surface area contributed by atoms with Crippen LogP contribution in [0.25, 0.3) is 0 Å². The van der Waals surface area contributed by atoms with Gasteiger partial charge in [0.15, 0.2) is 0 Å². The number of rotatable bonds is 7. The minimum atomic E-state index is -3.39. The smallest absolute Gasteiger partial charge is 0.237 e. The second-order valence-electron chi connectivity index (χ2n) is 5.52. The molecule has 3 N–H and O–H groups in total. The van der Waals surface area contributed by atoms with Crippen molar-refractivity contribution in [3.63, 3.8) is 0 Å². The molecule has 1 fully saturated rings. The minimum absolute atomic E-state index is 0.0198. The Hall–Kier alpha value is -0.660. The molecule has 3 unspecified atom stereocenters. The zero-order chi connectivity index (χ0) is 15.2. The van der Waals surface area contributed by atoms with Gasteiger partial charge >= 0.3 is 0 Å². The molecule has 0 radical (unpaired) electrons. The lowest BCUT2D eigenvalue weighted by Gasteiger charge is -2.28. The highest BCUT2D eigenvalue weighted by Gasteiger charge is 2.25. The Labute approximate surface area is 121 Å². The third-order valence-electron chi connectivity index (χ3n) is 3.63. The molecule has 6 nitrogen and oxygen atoms in total. The normalized spacial score (nSPS) is 25.1. The highest BCUT2D eigenvalue weighted by Crippen LogP contribution is 2.23. The average molecular weight is 306 g/mol.